The second-order valence-electron chi connectivity index (χ2n) is 6.18. The van der Waals surface area contributed by atoms with Gasteiger partial charge in [-0.2, -0.15) is 0 Å². The Hall–Kier alpha value is -1.33. The number of allylic oxidation sites excluding steroid dienone is 1. The van der Waals surface area contributed by atoms with E-state index < -0.39 is 0 Å². The SMILES string of the molecule is C/C=C/CCNC(=NC)NC1CCN(Cc2ccc(Br)cc2)CC1. The van der Waals surface area contributed by atoms with Crippen molar-refractivity contribution >= 4 is 21.9 Å². The Morgan fingerprint density at radius 2 is 2.00 bits per heavy atom. The molecule has 0 radical (unpaired) electrons. The van der Waals surface area contributed by atoms with Crippen LogP contribution in [0.5, 0.6) is 0 Å². The van der Waals surface area contributed by atoms with Gasteiger partial charge >= 0.3 is 0 Å². The van der Waals surface area contributed by atoms with Crippen molar-refractivity contribution in [1.82, 2.24) is 15.5 Å². The van der Waals surface area contributed by atoms with Crippen LogP contribution in [0.4, 0.5) is 0 Å². The molecule has 1 aromatic carbocycles. The number of nitrogens with zero attached hydrogens (tertiary/aromatic N) is 2. The van der Waals surface area contributed by atoms with Gasteiger partial charge in [0, 0.05) is 43.7 Å². The molecule has 0 aliphatic carbocycles. The van der Waals surface area contributed by atoms with E-state index >= 15 is 0 Å². The van der Waals surface area contributed by atoms with E-state index in [2.05, 4.69) is 79.8 Å². The molecule has 0 atom stereocenters. The molecule has 1 aliphatic heterocycles. The summed E-state index contributed by atoms with van der Waals surface area (Å²) in [6.45, 7) is 6.27. The summed E-state index contributed by atoms with van der Waals surface area (Å²) in [5, 5.41) is 6.93. The summed E-state index contributed by atoms with van der Waals surface area (Å²) in [4.78, 5) is 6.86. The third-order valence-corrected chi connectivity index (χ3v) is 4.84. The van der Waals surface area contributed by atoms with Gasteiger partial charge in [-0.05, 0) is 43.9 Å². The molecule has 1 aromatic rings. The zero-order valence-corrected chi connectivity index (χ0v) is 16.3. The number of hydrogen-bond acceptors (Lipinski definition) is 2. The van der Waals surface area contributed by atoms with Crippen molar-refractivity contribution in [1.29, 1.82) is 0 Å². The average Bonchev–Trinajstić information content (AvgIpc) is 2.61. The van der Waals surface area contributed by atoms with Crippen molar-refractivity contribution in [2.75, 3.05) is 26.7 Å². The first-order valence-corrected chi connectivity index (χ1v) is 9.55. The maximum Gasteiger partial charge on any atom is 0.191 e. The lowest BCUT2D eigenvalue weighted by atomic mass is 10.0. The largest absolute Gasteiger partial charge is 0.356 e. The first kappa shape index (κ1) is 19.0. The van der Waals surface area contributed by atoms with Crippen molar-refractivity contribution in [2.24, 2.45) is 4.99 Å². The molecular formula is C19H29BrN4. The summed E-state index contributed by atoms with van der Waals surface area (Å²) in [6, 6.07) is 9.15. The molecule has 1 aliphatic rings. The maximum absolute atomic E-state index is 4.33. The summed E-state index contributed by atoms with van der Waals surface area (Å²) in [5.74, 6) is 0.922. The highest BCUT2D eigenvalue weighted by molar-refractivity contribution is 9.10. The molecule has 2 N–H and O–H groups in total. The summed E-state index contributed by atoms with van der Waals surface area (Å²) < 4.78 is 1.14. The van der Waals surface area contributed by atoms with E-state index in [1.165, 1.54) is 5.56 Å². The average molecular weight is 393 g/mol. The second kappa shape index (κ2) is 10.5. The highest BCUT2D eigenvalue weighted by Crippen LogP contribution is 2.16. The number of halogens is 1. The van der Waals surface area contributed by atoms with Gasteiger partial charge in [-0.3, -0.25) is 9.89 Å². The molecular weight excluding hydrogens is 364 g/mol. The van der Waals surface area contributed by atoms with Gasteiger partial charge in [0.05, 0.1) is 0 Å². The van der Waals surface area contributed by atoms with E-state index in [4.69, 9.17) is 0 Å². The Morgan fingerprint density at radius 3 is 2.62 bits per heavy atom. The Bertz CT molecular complexity index is 531. The minimum Gasteiger partial charge on any atom is -0.356 e. The Balaban J connectivity index is 1.70. The van der Waals surface area contributed by atoms with Crippen molar-refractivity contribution < 1.29 is 0 Å². The molecule has 0 unspecified atom stereocenters. The van der Waals surface area contributed by atoms with Crippen molar-refractivity contribution in [3.8, 4) is 0 Å². The fourth-order valence-electron chi connectivity index (χ4n) is 2.91. The first-order chi connectivity index (χ1) is 11.7. The molecule has 4 nitrogen and oxygen atoms in total. The highest BCUT2D eigenvalue weighted by Gasteiger charge is 2.19. The zero-order valence-electron chi connectivity index (χ0n) is 14.8. The van der Waals surface area contributed by atoms with E-state index in [-0.39, 0.29) is 0 Å². The van der Waals surface area contributed by atoms with Crippen LogP contribution in [-0.4, -0.2) is 43.6 Å². The van der Waals surface area contributed by atoms with Crippen LogP contribution in [0.25, 0.3) is 0 Å². The number of rotatable bonds is 6. The number of guanidine groups is 1. The first-order valence-electron chi connectivity index (χ1n) is 8.76. The van der Waals surface area contributed by atoms with E-state index in [9.17, 15) is 0 Å². The molecule has 24 heavy (non-hydrogen) atoms. The normalized spacial score (nSPS) is 17.4. The quantitative estimate of drug-likeness (QED) is 0.336. The van der Waals surface area contributed by atoms with Gasteiger partial charge in [-0.15, -0.1) is 0 Å². The predicted octanol–water partition coefficient (Wildman–Crippen LogP) is 3.54. The topological polar surface area (TPSA) is 39.7 Å². The summed E-state index contributed by atoms with van der Waals surface area (Å²) >= 11 is 3.49. The van der Waals surface area contributed by atoms with E-state index in [1.807, 2.05) is 7.05 Å². The van der Waals surface area contributed by atoms with Crippen molar-refractivity contribution in [3.05, 3.63) is 46.5 Å². The number of aliphatic imine (C=N–C) groups is 1. The molecule has 0 aromatic heterocycles. The van der Waals surface area contributed by atoms with Gasteiger partial charge in [-0.25, -0.2) is 0 Å². The van der Waals surface area contributed by atoms with Crippen LogP contribution in [-0.2, 0) is 6.54 Å². The van der Waals surface area contributed by atoms with Crippen LogP contribution < -0.4 is 10.6 Å². The van der Waals surface area contributed by atoms with Crippen LogP contribution >= 0.6 is 15.9 Å². The van der Waals surface area contributed by atoms with Crippen molar-refractivity contribution in [2.45, 2.75) is 38.8 Å². The molecule has 5 heteroatoms. The highest BCUT2D eigenvalue weighted by atomic mass is 79.9. The molecule has 0 amide bonds. The molecule has 1 saturated heterocycles. The monoisotopic (exact) mass is 392 g/mol. The fraction of sp³-hybridized carbons (Fsp3) is 0.526. The third-order valence-electron chi connectivity index (χ3n) is 4.31. The number of hydrogen-bond donors (Lipinski definition) is 2. The lowest BCUT2D eigenvalue weighted by Gasteiger charge is -2.33. The van der Waals surface area contributed by atoms with Gasteiger partial charge in [0.1, 0.15) is 0 Å². The minimum absolute atomic E-state index is 0.513. The summed E-state index contributed by atoms with van der Waals surface area (Å²) in [5.41, 5.74) is 1.38. The van der Waals surface area contributed by atoms with Gasteiger partial charge in [0.15, 0.2) is 5.96 Å². The summed E-state index contributed by atoms with van der Waals surface area (Å²) in [7, 11) is 1.84. The molecule has 2 rings (SSSR count). The van der Waals surface area contributed by atoms with E-state index in [0.29, 0.717) is 6.04 Å². The molecule has 0 saturated carbocycles. The fourth-order valence-corrected chi connectivity index (χ4v) is 3.18. The molecule has 132 valence electrons. The maximum atomic E-state index is 4.33. The van der Waals surface area contributed by atoms with Crippen LogP contribution in [0.3, 0.4) is 0 Å². The predicted molar refractivity (Wildman–Crippen MR) is 106 cm³/mol. The molecule has 0 bridgehead atoms. The third kappa shape index (κ3) is 6.65. The number of nitrogens with one attached hydrogen (secondary N) is 2. The van der Waals surface area contributed by atoms with Gasteiger partial charge < -0.3 is 10.6 Å². The number of likely N-dealkylation sites (tertiary alicyclic amines) is 1. The smallest absolute Gasteiger partial charge is 0.191 e. The molecule has 0 spiro atoms. The van der Waals surface area contributed by atoms with Gasteiger partial charge in [-0.1, -0.05) is 40.2 Å². The van der Waals surface area contributed by atoms with Gasteiger partial charge in [0.2, 0.25) is 0 Å². The van der Waals surface area contributed by atoms with Crippen LogP contribution in [0.15, 0.2) is 45.9 Å². The molecule has 1 heterocycles. The van der Waals surface area contributed by atoms with Crippen LogP contribution in [0.1, 0.15) is 31.7 Å². The summed E-state index contributed by atoms with van der Waals surface area (Å²) in [6.07, 6.45) is 7.60. The van der Waals surface area contributed by atoms with Crippen molar-refractivity contribution in [3.63, 3.8) is 0 Å². The Labute approximate surface area is 154 Å². The van der Waals surface area contributed by atoms with Crippen LogP contribution in [0.2, 0.25) is 0 Å². The Morgan fingerprint density at radius 1 is 1.29 bits per heavy atom. The number of benzene rings is 1. The lowest BCUT2D eigenvalue weighted by molar-refractivity contribution is 0.198. The lowest BCUT2D eigenvalue weighted by Crippen LogP contribution is -2.48. The van der Waals surface area contributed by atoms with Gasteiger partial charge in [0.25, 0.3) is 0 Å². The standard InChI is InChI=1S/C19H29BrN4/c1-3-4-5-12-22-19(21-2)23-18-10-13-24(14-11-18)15-16-6-8-17(20)9-7-16/h3-4,6-9,18H,5,10-15H2,1-2H3,(H2,21,22,23)/b4-3+. The Kier molecular flexibility index (Phi) is 8.33. The van der Waals surface area contributed by atoms with Crippen LogP contribution in [0, 0.1) is 0 Å². The van der Waals surface area contributed by atoms with E-state index in [0.717, 1.165) is 55.9 Å². The minimum atomic E-state index is 0.513. The second-order valence-corrected chi connectivity index (χ2v) is 7.09. The number of piperidine rings is 1. The van der Waals surface area contributed by atoms with E-state index in [1.54, 1.807) is 0 Å². The zero-order chi connectivity index (χ0) is 17.2. The molecule has 1 fully saturated rings.